The average Bonchev–Trinajstić information content (AvgIpc) is 2.54. The average molecular weight is 390 g/mol. The van der Waals surface area contributed by atoms with Gasteiger partial charge in [0.25, 0.3) is 5.91 Å². The molecule has 3 nitrogen and oxygen atoms in total. The Morgan fingerprint density at radius 2 is 1.75 bits per heavy atom. The maximum atomic E-state index is 12.5. The second-order valence-electron chi connectivity index (χ2n) is 6.76. The Labute approximate surface area is 152 Å². The fraction of sp³-hybridized carbons (Fsp3) is 0.350. The molecule has 0 radical (unpaired) electrons. The van der Waals surface area contributed by atoms with E-state index in [1.807, 2.05) is 55.5 Å². The van der Waals surface area contributed by atoms with E-state index in [9.17, 15) is 4.79 Å². The zero-order chi connectivity index (χ0) is 17.7. The Bertz CT molecular complexity index is 690. The first-order valence-corrected chi connectivity index (χ1v) is 8.93. The minimum atomic E-state index is -0.530. The highest BCUT2D eigenvalue weighted by molar-refractivity contribution is 9.10. The molecule has 0 saturated heterocycles. The molecule has 0 spiro atoms. The third-order valence-corrected chi connectivity index (χ3v) is 4.49. The van der Waals surface area contributed by atoms with Gasteiger partial charge in [-0.2, -0.15) is 0 Å². The summed E-state index contributed by atoms with van der Waals surface area (Å²) < 4.78 is 6.73. The van der Waals surface area contributed by atoms with Crippen molar-refractivity contribution in [2.24, 2.45) is 0 Å². The van der Waals surface area contributed by atoms with Gasteiger partial charge in [0.2, 0.25) is 0 Å². The van der Waals surface area contributed by atoms with Crippen LogP contribution in [0, 0.1) is 0 Å². The number of carbonyl (C=O) groups excluding carboxylic acids is 1. The van der Waals surface area contributed by atoms with Crippen LogP contribution in [-0.4, -0.2) is 12.0 Å². The standard InChI is InChI=1S/C20H24BrNO2/c1-5-18(19(23)22-17-9-7-6-8-16(17)21)24-15-12-10-14(11-13-15)20(2,3)4/h6-13,18H,5H2,1-4H3,(H,22,23)/t18-/m1/s1. The van der Waals surface area contributed by atoms with Crippen molar-refractivity contribution in [2.75, 3.05) is 5.32 Å². The van der Waals surface area contributed by atoms with E-state index in [1.54, 1.807) is 0 Å². The highest BCUT2D eigenvalue weighted by atomic mass is 79.9. The number of rotatable bonds is 5. The normalized spacial score (nSPS) is 12.5. The van der Waals surface area contributed by atoms with Crippen LogP contribution in [0.2, 0.25) is 0 Å². The topological polar surface area (TPSA) is 38.3 Å². The van der Waals surface area contributed by atoms with Crippen LogP contribution < -0.4 is 10.1 Å². The highest BCUT2D eigenvalue weighted by Gasteiger charge is 2.20. The van der Waals surface area contributed by atoms with Gasteiger partial charge in [0, 0.05) is 4.47 Å². The number of benzene rings is 2. The first-order valence-electron chi connectivity index (χ1n) is 8.14. The molecule has 0 aliphatic carbocycles. The van der Waals surface area contributed by atoms with Crippen LogP contribution in [0.1, 0.15) is 39.7 Å². The lowest BCUT2D eigenvalue weighted by molar-refractivity contribution is -0.122. The van der Waals surface area contributed by atoms with Gasteiger partial charge in [0.05, 0.1) is 5.69 Å². The summed E-state index contributed by atoms with van der Waals surface area (Å²) in [6, 6.07) is 15.5. The second kappa shape index (κ2) is 7.84. The highest BCUT2D eigenvalue weighted by Crippen LogP contribution is 2.25. The quantitative estimate of drug-likeness (QED) is 0.728. The number of hydrogen-bond donors (Lipinski definition) is 1. The Morgan fingerprint density at radius 1 is 1.12 bits per heavy atom. The Balaban J connectivity index is 2.06. The van der Waals surface area contributed by atoms with E-state index in [1.165, 1.54) is 5.56 Å². The van der Waals surface area contributed by atoms with Gasteiger partial charge in [-0.15, -0.1) is 0 Å². The largest absolute Gasteiger partial charge is 0.481 e. The first kappa shape index (κ1) is 18.5. The number of halogens is 1. The summed E-state index contributed by atoms with van der Waals surface area (Å²) in [5.41, 5.74) is 2.08. The van der Waals surface area contributed by atoms with Gasteiger partial charge in [-0.3, -0.25) is 4.79 Å². The number of hydrogen-bond acceptors (Lipinski definition) is 2. The summed E-state index contributed by atoms with van der Waals surface area (Å²) >= 11 is 3.43. The molecule has 0 heterocycles. The summed E-state index contributed by atoms with van der Waals surface area (Å²) in [6.07, 6.45) is 0.0645. The van der Waals surface area contributed by atoms with E-state index in [4.69, 9.17) is 4.74 Å². The van der Waals surface area contributed by atoms with Crippen molar-refractivity contribution in [3.05, 3.63) is 58.6 Å². The minimum absolute atomic E-state index is 0.0969. The molecule has 0 saturated carbocycles. The molecular weight excluding hydrogens is 366 g/mol. The van der Waals surface area contributed by atoms with Crippen LogP contribution in [0.5, 0.6) is 5.75 Å². The fourth-order valence-electron chi connectivity index (χ4n) is 2.30. The molecular formula is C20H24BrNO2. The molecule has 0 aliphatic heterocycles. The Kier molecular flexibility index (Phi) is 6.05. The lowest BCUT2D eigenvalue weighted by Gasteiger charge is -2.21. The monoisotopic (exact) mass is 389 g/mol. The zero-order valence-electron chi connectivity index (χ0n) is 14.6. The number of ether oxygens (including phenoxy) is 1. The molecule has 2 aromatic carbocycles. The van der Waals surface area contributed by atoms with Crippen LogP contribution in [-0.2, 0) is 10.2 Å². The third kappa shape index (κ3) is 4.84. The molecule has 0 aliphatic rings. The number of amides is 1. The van der Waals surface area contributed by atoms with Crippen molar-refractivity contribution < 1.29 is 9.53 Å². The summed E-state index contributed by atoms with van der Waals surface area (Å²) in [7, 11) is 0. The first-order chi connectivity index (χ1) is 11.3. The maximum Gasteiger partial charge on any atom is 0.265 e. The van der Waals surface area contributed by atoms with Gasteiger partial charge >= 0.3 is 0 Å². The van der Waals surface area contributed by atoms with Crippen LogP contribution >= 0.6 is 15.9 Å². The van der Waals surface area contributed by atoms with E-state index in [0.29, 0.717) is 12.2 Å². The molecule has 2 aromatic rings. The van der Waals surface area contributed by atoms with Crippen LogP contribution in [0.3, 0.4) is 0 Å². The SMILES string of the molecule is CC[C@@H](Oc1ccc(C(C)(C)C)cc1)C(=O)Nc1ccccc1Br. The Hall–Kier alpha value is -1.81. The molecule has 1 N–H and O–H groups in total. The molecule has 0 aromatic heterocycles. The molecule has 0 unspecified atom stereocenters. The van der Waals surface area contributed by atoms with Gasteiger partial charge < -0.3 is 10.1 Å². The number of carbonyl (C=O) groups is 1. The number of nitrogens with one attached hydrogen (secondary N) is 1. The van der Waals surface area contributed by atoms with E-state index >= 15 is 0 Å². The maximum absolute atomic E-state index is 12.5. The van der Waals surface area contributed by atoms with Crippen LogP contribution in [0.4, 0.5) is 5.69 Å². The summed E-state index contributed by atoms with van der Waals surface area (Å²) in [5.74, 6) is 0.557. The van der Waals surface area contributed by atoms with Gasteiger partial charge in [-0.1, -0.05) is 52.0 Å². The van der Waals surface area contributed by atoms with Crippen molar-refractivity contribution >= 4 is 27.5 Å². The molecule has 4 heteroatoms. The predicted molar refractivity (Wildman–Crippen MR) is 103 cm³/mol. The molecule has 1 amide bonds. The second-order valence-corrected chi connectivity index (χ2v) is 7.61. The number of para-hydroxylation sites is 1. The number of anilines is 1. The summed E-state index contributed by atoms with van der Waals surface area (Å²) in [6.45, 7) is 8.45. The van der Waals surface area contributed by atoms with Crippen molar-refractivity contribution in [3.8, 4) is 5.75 Å². The van der Waals surface area contributed by atoms with E-state index < -0.39 is 6.10 Å². The molecule has 0 fully saturated rings. The van der Waals surface area contributed by atoms with E-state index in [0.717, 1.165) is 10.2 Å². The molecule has 2 rings (SSSR count). The lowest BCUT2D eigenvalue weighted by Crippen LogP contribution is -2.32. The van der Waals surface area contributed by atoms with Gasteiger partial charge in [-0.05, 0) is 57.6 Å². The van der Waals surface area contributed by atoms with Crippen molar-refractivity contribution in [3.63, 3.8) is 0 Å². The minimum Gasteiger partial charge on any atom is -0.481 e. The van der Waals surface area contributed by atoms with Crippen molar-refractivity contribution in [2.45, 2.75) is 45.6 Å². The van der Waals surface area contributed by atoms with Crippen LogP contribution in [0.15, 0.2) is 53.0 Å². The molecule has 0 bridgehead atoms. The lowest BCUT2D eigenvalue weighted by atomic mass is 9.87. The van der Waals surface area contributed by atoms with Crippen molar-refractivity contribution in [1.82, 2.24) is 0 Å². The smallest absolute Gasteiger partial charge is 0.265 e. The van der Waals surface area contributed by atoms with E-state index in [2.05, 4.69) is 42.0 Å². The predicted octanol–water partition coefficient (Wildman–Crippen LogP) is 5.54. The molecule has 24 heavy (non-hydrogen) atoms. The fourth-order valence-corrected chi connectivity index (χ4v) is 2.68. The zero-order valence-corrected chi connectivity index (χ0v) is 16.2. The summed E-state index contributed by atoms with van der Waals surface area (Å²) in [5, 5.41) is 2.91. The Morgan fingerprint density at radius 3 is 2.29 bits per heavy atom. The summed E-state index contributed by atoms with van der Waals surface area (Å²) in [4.78, 5) is 12.5. The molecule has 1 atom stereocenters. The van der Waals surface area contributed by atoms with Gasteiger partial charge in [0.1, 0.15) is 5.75 Å². The molecule has 128 valence electrons. The van der Waals surface area contributed by atoms with Crippen molar-refractivity contribution in [1.29, 1.82) is 0 Å². The van der Waals surface area contributed by atoms with E-state index in [-0.39, 0.29) is 11.3 Å². The van der Waals surface area contributed by atoms with Gasteiger partial charge in [-0.25, -0.2) is 0 Å². The van der Waals surface area contributed by atoms with Gasteiger partial charge in [0.15, 0.2) is 6.10 Å². The third-order valence-electron chi connectivity index (χ3n) is 3.79. The van der Waals surface area contributed by atoms with Crippen LogP contribution in [0.25, 0.3) is 0 Å².